The molecular weight excluding hydrogens is 206 g/mol. The summed E-state index contributed by atoms with van der Waals surface area (Å²) in [5, 5.41) is 9.06. The van der Waals surface area contributed by atoms with Gasteiger partial charge in [0.15, 0.2) is 0 Å². The van der Waals surface area contributed by atoms with Crippen molar-refractivity contribution in [2.45, 2.75) is 38.8 Å². The molecule has 0 unspecified atom stereocenters. The number of rotatable bonds is 4. The summed E-state index contributed by atoms with van der Waals surface area (Å²) in [5.41, 5.74) is 0. The summed E-state index contributed by atoms with van der Waals surface area (Å²) in [5.74, 6) is -0.537. The van der Waals surface area contributed by atoms with Gasteiger partial charge in [-0.2, -0.15) is 0 Å². The number of aliphatic carboxylic acids is 1. The molecule has 4 nitrogen and oxygen atoms in total. The highest BCUT2D eigenvalue weighted by molar-refractivity contribution is 5.71. The fourth-order valence-electron chi connectivity index (χ4n) is 2.83. The van der Waals surface area contributed by atoms with Crippen molar-refractivity contribution in [2.75, 3.05) is 19.7 Å². The Morgan fingerprint density at radius 1 is 1.44 bits per heavy atom. The van der Waals surface area contributed by atoms with Crippen LogP contribution in [0.3, 0.4) is 0 Å². The fourth-order valence-corrected chi connectivity index (χ4v) is 2.83. The third-order valence-corrected chi connectivity index (χ3v) is 3.95. The Morgan fingerprint density at radius 3 is 2.62 bits per heavy atom. The Morgan fingerprint density at radius 2 is 2.12 bits per heavy atom. The number of nitrogens with zero attached hydrogens (tertiary/aromatic N) is 1. The molecule has 2 rings (SSSR count). The molecule has 1 aliphatic heterocycles. The van der Waals surface area contributed by atoms with E-state index in [-0.39, 0.29) is 11.8 Å². The van der Waals surface area contributed by atoms with Crippen LogP contribution in [0.2, 0.25) is 0 Å². The zero-order valence-electron chi connectivity index (χ0n) is 10.1. The lowest BCUT2D eigenvalue weighted by molar-refractivity contribution is -0.142. The van der Waals surface area contributed by atoms with Crippen molar-refractivity contribution in [3.05, 3.63) is 0 Å². The first-order chi connectivity index (χ1) is 7.61. The van der Waals surface area contributed by atoms with Crippen LogP contribution in [0.25, 0.3) is 0 Å². The van der Waals surface area contributed by atoms with Crippen LogP contribution in [-0.4, -0.2) is 47.8 Å². The van der Waals surface area contributed by atoms with E-state index in [0.29, 0.717) is 12.1 Å². The lowest BCUT2D eigenvalue weighted by Gasteiger charge is -2.40. The molecule has 1 saturated heterocycles. The van der Waals surface area contributed by atoms with Crippen molar-refractivity contribution < 1.29 is 14.6 Å². The maximum absolute atomic E-state index is 11.0. The summed E-state index contributed by atoms with van der Waals surface area (Å²) < 4.78 is 5.53. The minimum absolute atomic E-state index is 0.175. The molecule has 1 heterocycles. The Labute approximate surface area is 96.6 Å². The van der Waals surface area contributed by atoms with Crippen molar-refractivity contribution in [1.82, 2.24) is 4.90 Å². The molecule has 92 valence electrons. The molecule has 1 saturated carbocycles. The maximum atomic E-state index is 11.0. The Balaban J connectivity index is 1.79. The summed E-state index contributed by atoms with van der Waals surface area (Å²) in [6.45, 7) is 6.50. The van der Waals surface area contributed by atoms with Crippen LogP contribution in [0, 0.1) is 11.8 Å². The van der Waals surface area contributed by atoms with Gasteiger partial charge in [0.25, 0.3) is 0 Å². The normalized spacial score (nSPS) is 39.6. The molecule has 1 N–H and O–H groups in total. The van der Waals surface area contributed by atoms with Gasteiger partial charge in [-0.25, -0.2) is 0 Å². The minimum atomic E-state index is -0.643. The van der Waals surface area contributed by atoms with Crippen LogP contribution in [0.4, 0.5) is 0 Å². The average Bonchev–Trinajstić information content (AvgIpc) is 2.53. The van der Waals surface area contributed by atoms with Gasteiger partial charge in [0.05, 0.1) is 12.0 Å². The number of ether oxygens (including phenoxy) is 1. The van der Waals surface area contributed by atoms with Gasteiger partial charge in [0.2, 0.25) is 0 Å². The van der Waals surface area contributed by atoms with Gasteiger partial charge < -0.3 is 9.84 Å². The Kier molecular flexibility index (Phi) is 3.50. The predicted molar refractivity (Wildman–Crippen MR) is 60.3 cm³/mol. The molecule has 0 spiro atoms. The molecule has 1 aliphatic carbocycles. The third-order valence-electron chi connectivity index (χ3n) is 3.95. The molecule has 2 fully saturated rings. The summed E-state index contributed by atoms with van der Waals surface area (Å²) in [7, 11) is 0. The van der Waals surface area contributed by atoms with Crippen LogP contribution in [0.15, 0.2) is 0 Å². The quantitative estimate of drug-likeness (QED) is 0.784. The van der Waals surface area contributed by atoms with Crippen LogP contribution < -0.4 is 0 Å². The lowest BCUT2D eigenvalue weighted by Crippen LogP contribution is -2.47. The van der Waals surface area contributed by atoms with Crippen LogP contribution in [-0.2, 0) is 9.53 Å². The van der Waals surface area contributed by atoms with Gasteiger partial charge in [0.1, 0.15) is 0 Å². The molecule has 2 atom stereocenters. The SMILES string of the molecule is CCOC1CC(N2C[C@@H](C)[C@H](C(=O)O)C2)C1. The van der Waals surface area contributed by atoms with E-state index in [9.17, 15) is 4.79 Å². The summed E-state index contributed by atoms with van der Waals surface area (Å²) in [6.07, 6.45) is 2.56. The second kappa shape index (κ2) is 4.72. The van der Waals surface area contributed by atoms with E-state index in [1.54, 1.807) is 0 Å². The maximum Gasteiger partial charge on any atom is 0.308 e. The smallest absolute Gasteiger partial charge is 0.308 e. The number of carboxylic acids is 1. The second-order valence-corrected chi connectivity index (χ2v) is 5.08. The van der Waals surface area contributed by atoms with Gasteiger partial charge in [-0.05, 0) is 25.7 Å². The highest BCUT2D eigenvalue weighted by Gasteiger charge is 2.42. The zero-order valence-corrected chi connectivity index (χ0v) is 10.1. The molecular formula is C12H21NO3. The summed E-state index contributed by atoms with van der Waals surface area (Å²) in [4.78, 5) is 13.3. The molecule has 0 aromatic carbocycles. The largest absolute Gasteiger partial charge is 0.481 e. The van der Waals surface area contributed by atoms with Crippen molar-refractivity contribution in [2.24, 2.45) is 11.8 Å². The summed E-state index contributed by atoms with van der Waals surface area (Å²) in [6, 6.07) is 0.559. The lowest BCUT2D eigenvalue weighted by atomic mass is 9.88. The standard InChI is InChI=1S/C12H21NO3/c1-3-16-10-4-9(5-10)13-6-8(2)11(7-13)12(14)15/h8-11H,3-7H2,1-2H3,(H,14,15)/t8-,9?,10?,11-/m1/s1. The number of hydrogen-bond acceptors (Lipinski definition) is 3. The van der Waals surface area contributed by atoms with Gasteiger partial charge >= 0.3 is 5.97 Å². The number of carboxylic acid groups (broad SMARTS) is 1. The first-order valence-corrected chi connectivity index (χ1v) is 6.20. The van der Waals surface area contributed by atoms with E-state index >= 15 is 0 Å². The van der Waals surface area contributed by atoms with Gasteiger partial charge in [-0.15, -0.1) is 0 Å². The zero-order chi connectivity index (χ0) is 11.7. The molecule has 0 aromatic heterocycles. The molecule has 2 aliphatic rings. The number of likely N-dealkylation sites (tertiary alicyclic amines) is 1. The van der Waals surface area contributed by atoms with Crippen LogP contribution in [0.5, 0.6) is 0 Å². The highest BCUT2D eigenvalue weighted by atomic mass is 16.5. The highest BCUT2D eigenvalue weighted by Crippen LogP contribution is 2.34. The van der Waals surface area contributed by atoms with E-state index in [0.717, 1.165) is 32.5 Å². The number of hydrogen-bond donors (Lipinski definition) is 1. The van der Waals surface area contributed by atoms with Crippen LogP contribution >= 0.6 is 0 Å². The first kappa shape index (κ1) is 11.9. The fraction of sp³-hybridized carbons (Fsp3) is 0.917. The van der Waals surface area contributed by atoms with Gasteiger partial charge in [-0.1, -0.05) is 6.92 Å². The van der Waals surface area contributed by atoms with Crippen molar-refractivity contribution in [1.29, 1.82) is 0 Å². The van der Waals surface area contributed by atoms with E-state index in [2.05, 4.69) is 4.90 Å². The van der Waals surface area contributed by atoms with Crippen molar-refractivity contribution in [3.8, 4) is 0 Å². The summed E-state index contributed by atoms with van der Waals surface area (Å²) >= 11 is 0. The second-order valence-electron chi connectivity index (χ2n) is 5.08. The van der Waals surface area contributed by atoms with Crippen LogP contribution in [0.1, 0.15) is 26.7 Å². The Hall–Kier alpha value is -0.610. The van der Waals surface area contributed by atoms with E-state index in [4.69, 9.17) is 9.84 Å². The third kappa shape index (κ3) is 2.23. The predicted octanol–water partition coefficient (Wildman–Crippen LogP) is 1.21. The van der Waals surface area contributed by atoms with Gasteiger partial charge in [-0.3, -0.25) is 9.69 Å². The van der Waals surface area contributed by atoms with E-state index in [1.807, 2.05) is 13.8 Å². The monoisotopic (exact) mass is 227 g/mol. The Bertz CT molecular complexity index is 263. The van der Waals surface area contributed by atoms with E-state index < -0.39 is 5.97 Å². The molecule has 4 heteroatoms. The topological polar surface area (TPSA) is 49.8 Å². The molecule has 0 aromatic rings. The van der Waals surface area contributed by atoms with Gasteiger partial charge in [0, 0.05) is 25.7 Å². The molecule has 0 radical (unpaired) electrons. The minimum Gasteiger partial charge on any atom is -0.481 e. The van der Waals surface area contributed by atoms with Crippen molar-refractivity contribution >= 4 is 5.97 Å². The van der Waals surface area contributed by atoms with E-state index in [1.165, 1.54) is 0 Å². The molecule has 16 heavy (non-hydrogen) atoms. The number of carbonyl (C=O) groups is 1. The van der Waals surface area contributed by atoms with Crippen molar-refractivity contribution in [3.63, 3.8) is 0 Å². The molecule has 0 bridgehead atoms. The first-order valence-electron chi connectivity index (χ1n) is 6.20. The molecule has 0 amide bonds. The average molecular weight is 227 g/mol.